The first-order valence-corrected chi connectivity index (χ1v) is 7.31. The van der Waals surface area contributed by atoms with Crippen molar-refractivity contribution in [1.29, 1.82) is 0 Å². The lowest BCUT2D eigenvalue weighted by Gasteiger charge is -2.22. The van der Waals surface area contributed by atoms with Crippen LogP contribution < -0.4 is 10.6 Å². The zero-order chi connectivity index (χ0) is 12.9. The molecule has 0 aliphatic carbocycles. The van der Waals surface area contributed by atoms with E-state index in [9.17, 15) is 0 Å². The molecule has 1 aliphatic rings. The van der Waals surface area contributed by atoms with Gasteiger partial charge in [0.05, 0.1) is 0 Å². The van der Waals surface area contributed by atoms with E-state index in [2.05, 4.69) is 53.1 Å². The van der Waals surface area contributed by atoms with Crippen LogP contribution in [0.2, 0.25) is 0 Å². The van der Waals surface area contributed by atoms with Gasteiger partial charge >= 0.3 is 0 Å². The van der Waals surface area contributed by atoms with Gasteiger partial charge in [-0.25, -0.2) is 0 Å². The van der Waals surface area contributed by atoms with Crippen LogP contribution in [0, 0.1) is 5.92 Å². The molecule has 0 aromatic heterocycles. The van der Waals surface area contributed by atoms with Gasteiger partial charge in [-0.3, -0.25) is 0 Å². The SMILES string of the molecule is c1ccc2cc(CNCC3CCNCC3)ccc2c1. The van der Waals surface area contributed by atoms with Crippen molar-refractivity contribution in [3.05, 3.63) is 48.0 Å². The highest BCUT2D eigenvalue weighted by molar-refractivity contribution is 5.82. The van der Waals surface area contributed by atoms with Gasteiger partial charge in [-0.1, -0.05) is 36.4 Å². The van der Waals surface area contributed by atoms with E-state index in [1.165, 1.54) is 42.3 Å². The van der Waals surface area contributed by atoms with E-state index in [0.29, 0.717) is 0 Å². The van der Waals surface area contributed by atoms with Crippen LogP contribution in [0.15, 0.2) is 42.5 Å². The molecule has 1 heterocycles. The summed E-state index contributed by atoms with van der Waals surface area (Å²) < 4.78 is 0. The molecule has 1 saturated heterocycles. The average molecular weight is 254 g/mol. The molecule has 2 heteroatoms. The zero-order valence-electron chi connectivity index (χ0n) is 11.4. The monoisotopic (exact) mass is 254 g/mol. The Labute approximate surface area is 115 Å². The second kappa shape index (κ2) is 6.18. The molecule has 0 bridgehead atoms. The van der Waals surface area contributed by atoms with Gasteiger partial charge in [-0.15, -0.1) is 0 Å². The van der Waals surface area contributed by atoms with Gasteiger partial charge in [-0.2, -0.15) is 0 Å². The quantitative estimate of drug-likeness (QED) is 0.876. The number of rotatable bonds is 4. The largest absolute Gasteiger partial charge is 0.317 e. The van der Waals surface area contributed by atoms with Crippen LogP contribution in [-0.2, 0) is 6.54 Å². The van der Waals surface area contributed by atoms with E-state index >= 15 is 0 Å². The van der Waals surface area contributed by atoms with E-state index < -0.39 is 0 Å². The molecule has 0 saturated carbocycles. The van der Waals surface area contributed by atoms with Crippen LogP contribution in [0.1, 0.15) is 18.4 Å². The van der Waals surface area contributed by atoms with Crippen molar-refractivity contribution in [2.24, 2.45) is 5.92 Å². The summed E-state index contributed by atoms with van der Waals surface area (Å²) in [5.41, 5.74) is 1.38. The Morgan fingerprint density at radius 3 is 2.63 bits per heavy atom. The van der Waals surface area contributed by atoms with Crippen molar-refractivity contribution < 1.29 is 0 Å². The predicted octanol–water partition coefficient (Wildman–Crippen LogP) is 2.93. The molecular weight excluding hydrogens is 232 g/mol. The molecule has 2 aromatic rings. The highest BCUT2D eigenvalue weighted by Gasteiger charge is 2.11. The number of hydrogen-bond acceptors (Lipinski definition) is 2. The molecule has 3 rings (SSSR count). The van der Waals surface area contributed by atoms with Gasteiger partial charge in [0.1, 0.15) is 0 Å². The minimum absolute atomic E-state index is 0.849. The molecule has 0 amide bonds. The molecule has 2 N–H and O–H groups in total. The van der Waals surface area contributed by atoms with E-state index in [1.54, 1.807) is 0 Å². The lowest BCUT2D eigenvalue weighted by atomic mass is 9.98. The molecule has 0 atom stereocenters. The summed E-state index contributed by atoms with van der Waals surface area (Å²) in [6.07, 6.45) is 2.62. The van der Waals surface area contributed by atoms with E-state index in [0.717, 1.165) is 19.0 Å². The highest BCUT2D eigenvalue weighted by atomic mass is 14.9. The Balaban J connectivity index is 1.56. The third kappa shape index (κ3) is 3.34. The van der Waals surface area contributed by atoms with Crippen molar-refractivity contribution in [2.45, 2.75) is 19.4 Å². The van der Waals surface area contributed by atoms with Gasteiger partial charge in [0.2, 0.25) is 0 Å². The van der Waals surface area contributed by atoms with Crippen LogP contribution in [0.3, 0.4) is 0 Å². The number of benzene rings is 2. The van der Waals surface area contributed by atoms with Crippen molar-refractivity contribution in [3.8, 4) is 0 Å². The number of fused-ring (bicyclic) bond motifs is 1. The first kappa shape index (κ1) is 12.6. The van der Waals surface area contributed by atoms with E-state index in [1.807, 2.05) is 0 Å². The van der Waals surface area contributed by atoms with Gasteiger partial charge in [0, 0.05) is 6.54 Å². The minimum atomic E-state index is 0.849. The highest BCUT2D eigenvalue weighted by Crippen LogP contribution is 2.16. The molecule has 0 spiro atoms. The first-order chi connectivity index (χ1) is 9.42. The Morgan fingerprint density at radius 2 is 1.79 bits per heavy atom. The molecular formula is C17H22N2. The number of hydrogen-bond donors (Lipinski definition) is 2. The third-order valence-corrected chi connectivity index (χ3v) is 4.03. The molecule has 1 fully saturated rings. The summed E-state index contributed by atoms with van der Waals surface area (Å²) in [6, 6.07) is 15.3. The Hall–Kier alpha value is -1.38. The average Bonchev–Trinajstić information content (AvgIpc) is 2.48. The number of nitrogens with one attached hydrogen (secondary N) is 2. The Morgan fingerprint density at radius 1 is 1.00 bits per heavy atom. The van der Waals surface area contributed by atoms with Crippen molar-refractivity contribution in [3.63, 3.8) is 0 Å². The minimum Gasteiger partial charge on any atom is -0.317 e. The summed E-state index contributed by atoms with van der Waals surface area (Å²) in [7, 11) is 0. The standard InChI is InChI=1S/C17H22N2/c1-2-4-17-11-15(5-6-16(17)3-1)13-19-12-14-7-9-18-10-8-14/h1-6,11,14,18-19H,7-10,12-13H2. The maximum Gasteiger partial charge on any atom is 0.0205 e. The Bertz CT molecular complexity index is 530. The summed E-state index contributed by atoms with van der Waals surface area (Å²) >= 11 is 0. The summed E-state index contributed by atoms with van der Waals surface area (Å²) in [5.74, 6) is 0.849. The second-order valence-corrected chi connectivity index (χ2v) is 5.51. The van der Waals surface area contributed by atoms with Crippen molar-refractivity contribution in [1.82, 2.24) is 10.6 Å². The molecule has 2 aromatic carbocycles. The maximum atomic E-state index is 3.61. The lowest BCUT2D eigenvalue weighted by molar-refractivity contribution is 0.356. The van der Waals surface area contributed by atoms with Gasteiger partial charge < -0.3 is 10.6 Å². The van der Waals surface area contributed by atoms with Crippen LogP contribution in [0.25, 0.3) is 10.8 Å². The molecule has 19 heavy (non-hydrogen) atoms. The molecule has 2 nitrogen and oxygen atoms in total. The summed E-state index contributed by atoms with van der Waals surface area (Å²) in [5, 5.41) is 9.68. The Kier molecular flexibility index (Phi) is 4.11. The van der Waals surface area contributed by atoms with Crippen LogP contribution >= 0.6 is 0 Å². The fourth-order valence-corrected chi connectivity index (χ4v) is 2.86. The maximum absolute atomic E-state index is 3.61. The molecule has 100 valence electrons. The third-order valence-electron chi connectivity index (χ3n) is 4.03. The zero-order valence-corrected chi connectivity index (χ0v) is 11.4. The summed E-state index contributed by atoms with van der Waals surface area (Å²) in [4.78, 5) is 0. The van der Waals surface area contributed by atoms with Crippen molar-refractivity contribution in [2.75, 3.05) is 19.6 Å². The molecule has 0 unspecified atom stereocenters. The fraction of sp³-hybridized carbons (Fsp3) is 0.412. The van der Waals surface area contributed by atoms with Crippen LogP contribution in [0.4, 0.5) is 0 Å². The molecule has 1 aliphatic heterocycles. The van der Waals surface area contributed by atoms with Crippen LogP contribution in [-0.4, -0.2) is 19.6 Å². The van der Waals surface area contributed by atoms with Crippen molar-refractivity contribution >= 4 is 10.8 Å². The number of piperidine rings is 1. The van der Waals surface area contributed by atoms with Gasteiger partial charge in [0.25, 0.3) is 0 Å². The van der Waals surface area contributed by atoms with Gasteiger partial charge in [-0.05, 0) is 60.8 Å². The second-order valence-electron chi connectivity index (χ2n) is 5.51. The lowest BCUT2D eigenvalue weighted by Crippen LogP contribution is -2.33. The van der Waals surface area contributed by atoms with E-state index in [4.69, 9.17) is 0 Å². The fourth-order valence-electron chi connectivity index (χ4n) is 2.86. The molecule has 0 radical (unpaired) electrons. The van der Waals surface area contributed by atoms with E-state index in [-0.39, 0.29) is 0 Å². The normalized spacial score (nSPS) is 16.8. The first-order valence-electron chi connectivity index (χ1n) is 7.31. The topological polar surface area (TPSA) is 24.1 Å². The predicted molar refractivity (Wildman–Crippen MR) is 81.2 cm³/mol. The summed E-state index contributed by atoms with van der Waals surface area (Å²) in [6.45, 7) is 4.49. The van der Waals surface area contributed by atoms with Crippen LogP contribution in [0.5, 0.6) is 0 Å². The van der Waals surface area contributed by atoms with Gasteiger partial charge in [0.15, 0.2) is 0 Å². The smallest absolute Gasteiger partial charge is 0.0205 e.